The van der Waals surface area contributed by atoms with Gasteiger partial charge in [-0.05, 0) is 44.9 Å². The monoisotopic (exact) mass is 273 g/mol. The van der Waals surface area contributed by atoms with Gasteiger partial charge in [0.2, 0.25) is 0 Å². The first-order valence-corrected chi connectivity index (χ1v) is 8.23. The highest BCUT2D eigenvalue weighted by Gasteiger charge is 2.31. The zero-order chi connectivity index (χ0) is 13.4. The number of nitrogens with one attached hydrogen (secondary N) is 1. The van der Waals surface area contributed by atoms with Crippen LogP contribution in [0.3, 0.4) is 0 Å². The van der Waals surface area contributed by atoms with Crippen LogP contribution in [0.15, 0.2) is 0 Å². The summed E-state index contributed by atoms with van der Waals surface area (Å²) in [5.74, 6) is 0.227. The largest absolute Gasteiger partial charge is 0.480 e. The van der Waals surface area contributed by atoms with Gasteiger partial charge in [0.05, 0.1) is 0 Å². The Hall–Kier alpha value is -0.220. The summed E-state index contributed by atoms with van der Waals surface area (Å²) in [6.45, 7) is 4.65. The van der Waals surface area contributed by atoms with Gasteiger partial charge in [-0.25, -0.2) is 0 Å². The van der Waals surface area contributed by atoms with E-state index in [0.29, 0.717) is 6.42 Å². The SMILES string of the molecule is CCCNC(C)(CCSC1CCCCC1)C(=O)O. The Morgan fingerprint density at radius 2 is 2.06 bits per heavy atom. The second-order valence-corrected chi connectivity index (χ2v) is 6.85. The van der Waals surface area contributed by atoms with Crippen LogP contribution in [-0.4, -0.2) is 34.2 Å². The third-order valence-electron chi connectivity index (χ3n) is 3.75. The highest BCUT2D eigenvalue weighted by molar-refractivity contribution is 7.99. The summed E-state index contributed by atoms with van der Waals surface area (Å²) in [5.41, 5.74) is -0.752. The first-order chi connectivity index (χ1) is 8.58. The molecule has 0 bridgehead atoms. The van der Waals surface area contributed by atoms with Gasteiger partial charge in [-0.15, -0.1) is 0 Å². The Balaban J connectivity index is 2.30. The minimum atomic E-state index is -0.752. The standard InChI is InChI=1S/C14H27NO2S/c1-3-10-15-14(2,13(16)17)9-11-18-12-7-5-4-6-8-12/h12,15H,3-11H2,1-2H3,(H,16,17). The predicted molar refractivity (Wildman–Crippen MR) is 78.3 cm³/mol. The maximum atomic E-state index is 11.3. The number of carboxylic acids is 1. The summed E-state index contributed by atoms with van der Waals surface area (Å²) in [4.78, 5) is 11.3. The molecule has 2 N–H and O–H groups in total. The zero-order valence-electron chi connectivity index (χ0n) is 11.7. The van der Waals surface area contributed by atoms with Crippen LogP contribution in [0.4, 0.5) is 0 Å². The average Bonchev–Trinajstić information content (AvgIpc) is 2.37. The van der Waals surface area contributed by atoms with Gasteiger partial charge in [0.15, 0.2) is 0 Å². The number of aliphatic carboxylic acids is 1. The lowest BCUT2D eigenvalue weighted by molar-refractivity contribution is -0.144. The summed E-state index contributed by atoms with van der Waals surface area (Å²) >= 11 is 1.97. The second-order valence-electron chi connectivity index (χ2n) is 5.44. The Morgan fingerprint density at radius 3 is 2.61 bits per heavy atom. The first kappa shape index (κ1) is 15.8. The van der Waals surface area contributed by atoms with E-state index in [1.165, 1.54) is 32.1 Å². The zero-order valence-corrected chi connectivity index (χ0v) is 12.5. The molecule has 0 saturated heterocycles. The lowest BCUT2D eigenvalue weighted by Crippen LogP contribution is -2.50. The van der Waals surface area contributed by atoms with Gasteiger partial charge in [-0.2, -0.15) is 11.8 Å². The normalized spacial score (nSPS) is 20.6. The molecule has 4 heteroatoms. The summed E-state index contributed by atoms with van der Waals surface area (Å²) in [6.07, 6.45) is 8.39. The van der Waals surface area contributed by atoms with E-state index < -0.39 is 11.5 Å². The van der Waals surface area contributed by atoms with Crippen LogP contribution in [0.25, 0.3) is 0 Å². The van der Waals surface area contributed by atoms with Crippen molar-refractivity contribution in [2.45, 2.75) is 69.6 Å². The summed E-state index contributed by atoms with van der Waals surface area (Å²) in [7, 11) is 0. The molecule has 0 aromatic heterocycles. The van der Waals surface area contributed by atoms with Crippen molar-refractivity contribution in [3.05, 3.63) is 0 Å². The van der Waals surface area contributed by atoms with Crippen molar-refractivity contribution in [1.29, 1.82) is 0 Å². The van der Waals surface area contributed by atoms with E-state index in [1.807, 2.05) is 18.7 Å². The quantitative estimate of drug-likeness (QED) is 0.712. The number of carbonyl (C=O) groups is 1. The Morgan fingerprint density at radius 1 is 1.39 bits per heavy atom. The highest BCUT2D eigenvalue weighted by Crippen LogP contribution is 2.29. The molecule has 0 radical (unpaired) electrons. The number of rotatable bonds is 8. The molecule has 3 nitrogen and oxygen atoms in total. The molecular formula is C14H27NO2S. The smallest absolute Gasteiger partial charge is 0.323 e. The molecule has 1 atom stereocenters. The van der Waals surface area contributed by atoms with E-state index in [0.717, 1.165) is 24.0 Å². The molecule has 0 aromatic carbocycles. The van der Waals surface area contributed by atoms with E-state index >= 15 is 0 Å². The van der Waals surface area contributed by atoms with Crippen molar-refractivity contribution in [2.75, 3.05) is 12.3 Å². The summed E-state index contributed by atoms with van der Waals surface area (Å²) in [6, 6.07) is 0. The molecule has 0 spiro atoms. The van der Waals surface area contributed by atoms with Crippen molar-refractivity contribution in [3.8, 4) is 0 Å². The molecule has 0 heterocycles. The van der Waals surface area contributed by atoms with Gasteiger partial charge in [0, 0.05) is 5.25 Å². The Labute approximate surface area is 115 Å². The number of thioether (sulfide) groups is 1. The molecule has 1 fully saturated rings. The highest BCUT2D eigenvalue weighted by atomic mass is 32.2. The molecule has 1 rings (SSSR count). The Bertz CT molecular complexity index is 254. The van der Waals surface area contributed by atoms with E-state index in [1.54, 1.807) is 0 Å². The number of hydrogen-bond acceptors (Lipinski definition) is 3. The molecule has 0 aromatic rings. The van der Waals surface area contributed by atoms with E-state index in [-0.39, 0.29) is 0 Å². The lowest BCUT2D eigenvalue weighted by Gasteiger charge is -2.27. The molecule has 1 unspecified atom stereocenters. The molecule has 1 saturated carbocycles. The van der Waals surface area contributed by atoms with Gasteiger partial charge in [0.1, 0.15) is 5.54 Å². The molecular weight excluding hydrogens is 246 g/mol. The number of carboxylic acid groups (broad SMARTS) is 1. The van der Waals surface area contributed by atoms with Crippen molar-refractivity contribution in [3.63, 3.8) is 0 Å². The molecule has 18 heavy (non-hydrogen) atoms. The third-order valence-corrected chi connectivity index (χ3v) is 5.13. The van der Waals surface area contributed by atoms with E-state index in [9.17, 15) is 9.90 Å². The van der Waals surface area contributed by atoms with Gasteiger partial charge >= 0.3 is 5.97 Å². The van der Waals surface area contributed by atoms with Gasteiger partial charge < -0.3 is 10.4 Å². The molecule has 1 aliphatic rings. The average molecular weight is 273 g/mol. The maximum absolute atomic E-state index is 11.3. The first-order valence-electron chi connectivity index (χ1n) is 7.18. The fraction of sp³-hybridized carbons (Fsp3) is 0.929. The van der Waals surface area contributed by atoms with E-state index in [2.05, 4.69) is 12.2 Å². The van der Waals surface area contributed by atoms with Crippen LogP contribution in [0.2, 0.25) is 0 Å². The summed E-state index contributed by atoms with van der Waals surface area (Å²) in [5, 5.41) is 13.3. The molecule has 0 aliphatic heterocycles. The molecule has 0 amide bonds. The lowest BCUT2D eigenvalue weighted by atomic mass is 9.99. The van der Waals surface area contributed by atoms with Crippen LogP contribution < -0.4 is 5.32 Å². The molecule has 106 valence electrons. The van der Waals surface area contributed by atoms with Crippen LogP contribution in [0, 0.1) is 0 Å². The predicted octanol–water partition coefficient (Wildman–Crippen LogP) is 3.29. The van der Waals surface area contributed by atoms with Crippen LogP contribution in [-0.2, 0) is 4.79 Å². The van der Waals surface area contributed by atoms with Gasteiger partial charge in [0.25, 0.3) is 0 Å². The fourth-order valence-electron chi connectivity index (χ4n) is 2.33. The second kappa shape index (κ2) is 8.05. The minimum absolute atomic E-state index is 0.712. The van der Waals surface area contributed by atoms with Crippen molar-refractivity contribution in [2.24, 2.45) is 0 Å². The minimum Gasteiger partial charge on any atom is -0.480 e. The van der Waals surface area contributed by atoms with Crippen LogP contribution in [0.5, 0.6) is 0 Å². The van der Waals surface area contributed by atoms with E-state index in [4.69, 9.17) is 0 Å². The van der Waals surface area contributed by atoms with Crippen molar-refractivity contribution < 1.29 is 9.90 Å². The maximum Gasteiger partial charge on any atom is 0.323 e. The summed E-state index contributed by atoms with van der Waals surface area (Å²) < 4.78 is 0. The van der Waals surface area contributed by atoms with Crippen LogP contribution in [0.1, 0.15) is 58.8 Å². The van der Waals surface area contributed by atoms with Crippen molar-refractivity contribution in [1.82, 2.24) is 5.32 Å². The van der Waals surface area contributed by atoms with Gasteiger partial charge in [-0.3, -0.25) is 4.79 Å². The van der Waals surface area contributed by atoms with Gasteiger partial charge in [-0.1, -0.05) is 26.2 Å². The van der Waals surface area contributed by atoms with Crippen LogP contribution >= 0.6 is 11.8 Å². The topological polar surface area (TPSA) is 49.3 Å². The molecule has 1 aliphatic carbocycles. The number of hydrogen-bond donors (Lipinski definition) is 2. The Kier molecular flexibility index (Phi) is 7.08. The third kappa shape index (κ3) is 5.19. The van der Waals surface area contributed by atoms with Crippen molar-refractivity contribution >= 4 is 17.7 Å². The fourth-order valence-corrected chi connectivity index (χ4v) is 3.86.